The Morgan fingerprint density at radius 2 is 1.75 bits per heavy atom. The number of aliphatic hydroxyl groups is 1. The van der Waals surface area contributed by atoms with Crippen molar-refractivity contribution < 1.29 is 33.6 Å². The highest BCUT2D eigenvalue weighted by Gasteiger charge is 2.64. The van der Waals surface area contributed by atoms with Crippen molar-refractivity contribution in [2.45, 2.75) is 24.8 Å². The van der Waals surface area contributed by atoms with Crippen molar-refractivity contribution in [2.75, 3.05) is 45.9 Å². The molecule has 0 aliphatic carbocycles. The highest BCUT2D eigenvalue weighted by atomic mass is 16.3. The van der Waals surface area contributed by atoms with Gasteiger partial charge in [0, 0.05) is 25.9 Å². The summed E-state index contributed by atoms with van der Waals surface area (Å²) in [5.41, 5.74) is 3.35. The molecular weight excluding hydrogens is 372 g/mol. The number of nitrogens with one attached hydrogen (secondary N) is 4. The van der Waals surface area contributed by atoms with Crippen LogP contribution in [0.2, 0.25) is 0 Å². The molecule has 2 fully saturated rings. The lowest BCUT2D eigenvalue weighted by Crippen LogP contribution is -2.82. The number of aliphatic hydroxyl groups excluding tert-OH is 1. The van der Waals surface area contributed by atoms with E-state index in [2.05, 4.69) is 21.3 Å². The summed E-state index contributed by atoms with van der Waals surface area (Å²) in [6.07, 6.45) is 0.140. The number of hydrogen-bond acceptors (Lipinski definition) is 7. The molecule has 6 amide bonds. The van der Waals surface area contributed by atoms with E-state index in [1.54, 1.807) is 0 Å². The van der Waals surface area contributed by atoms with Crippen LogP contribution in [-0.4, -0.2) is 90.7 Å². The van der Waals surface area contributed by atoms with Gasteiger partial charge >= 0.3 is 6.03 Å². The monoisotopic (exact) mass is 399 g/mol. The van der Waals surface area contributed by atoms with Gasteiger partial charge in [-0.3, -0.25) is 34.3 Å². The maximum Gasteiger partial charge on any atom is 0.328 e. The molecule has 2 rings (SSSR count). The molecule has 2 heterocycles. The van der Waals surface area contributed by atoms with Crippen molar-refractivity contribution in [3.8, 4) is 0 Å². The smallest absolute Gasteiger partial charge is 0.328 e. The number of barbiturate groups is 1. The Morgan fingerprint density at radius 3 is 2.29 bits per heavy atom. The zero-order chi connectivity index (χ0) is 20.8. The topological polar surface area (TPSA) is 180 Å². The van der Waals surface area contributed by atoms with Gasteiger partial charge in [0.2, 0.25) is 11.8 Å². The number of nitrogens with two attached hydrogens (primary N) is 1. The summed E-state index contributed by atoms with van der Waals surface area (Å²) in [7, 11) is 0. The molecule has 12 nitrogen and oxygen atoms in total. The Kier molecular flexibility index (Phi) is 7.05. The third-order valence-corrected chi connectivity index (χ3v) is 5.38. The summed E-state index contributed by atoms with van der Waals surface area (Å²) in [6.45, 7) is 1.51. The van der Waals surface area contributed by atoms with E-state index in [4.69, 9.17) is 5.73 Å². The minimum atomic E-state index is -1.64. The first-order valence-corrected chi connectivity index (χ1v) is 9.17. The molecule has 0 bridgehead atoms. The van der Waals surface area contributed by atoms with Crippen molar-refractivity contribution in [3.63, 3.8) is 0 Å². The van der Waals surface area contributed by atoms with Gasteiger partial charge in [-0.05, 0) is 6.42 Å². The standard InChI is InChI=1S/C16H26N6O6/c17-11(24)10-19-12(25)2-1-3-16(13(26)20-15(28)21-14(16)27)22(8-9-23)6-4-18-5-7-22/h18,23H,1-10H2,(H4-,17,19,20,21,24,25,26,27,28)/p+1. The van der Waals surface area contributed by atoms with E-state index in [0.717, 1.165) is 0 Å². The Hall–Kier alpha value is -2.57. The van der Waals surface area contributed by atoms with Crippen LogP contribution in [0.3, 0.4) is 0 Å². The highest BCUT2D eigenvalue weighted by Crippen LogP contribution is 2.34. The van der Waals surface area contributed by atoms with Crippen molar-refractivity contribution >= 4 is 29.7 Å². The minimum Gasteiger partial charge on any atom is -0.391 e. The number of piperazine rings is 1. The molecule has 2 aliphatic heterocycles. The number of hydrogen-bond donors (Lipinski definition) is 6. The number of carbonyl (C=O) groups excluding carboxylic acids is 5. The molecule has 0 aromatic rings. The second-order valence-electron chi connectivity index (χ2n) is 6.98. The zero-order valence-corrected chi connectivity index (χ0v) is 15.6. The van der Waals surface area contributed by atoms with E-state index in [9.17, 15) is 29.1 Å². The summed E-state index contributed by atoms with van der Waals surface area (Å²) in [5.74, 6) is -2.57. The average Bonchev–Trinajstić information content (AvgIpc) is 2.63. The summed E-state index contributed by atoms with van der Waals surface area (Å²) < 4.78 is -0.00957. The maximum absolute atomic E-state index is 12.9. The van der Waals surface area contributed by atoms with Gasteiger partial charge in [0.25, 0.3) is 17.4 Å². The zero-order valence-electron chi connectivity index (χ0n) is 15.6. The second-order valence-corrected chi connectivity index (χ2v) is 6.98. The third kappa shape index (κ3) is 4.29. The Morgan fingerprint density at radius 1 is 1.14 bits per heavy atom. The largest absolute Gasteiger partial charge is 0.391 e. The molecule has 156 valence electrons. The molecule has 12 heteroatoms. The molecule has 0 spiro atoms. The van der Waals surface area contributed by atoms with Gasteiger partial charge in [-0.1, -0.05) is 0 Å². The van der Waals surface area contributed by atoms with Gasteiger partial charge in [-0.25, -0.2) is 4.79 Å². The van der Waals surface area contributed by atoms with Gasteiger partial charge < -0.3 is 21.5 Å². The normalized spacial score (nSPS) is 20.8. The number of urea groups is 1. The number of quaternary nitrogens is 1. The van der Waals surface area contributed by atoms with E-state index in [1.807, 2.05) is 0 Å². The SMILES string of the molecule is NC(=O)CNC(=O)CCCC1([N+]2(CCO)CCNCC2)C(=O)NC(=O)NC1=O. The van der Waals surface area contributed by atoms with Crippen LogP contribution in [0.25, 0.3) is 0 Å². The molecule has 7 N–H and O–H groups in total. The summed E-state index contributed by atoms with van der Waals surface area (Å²) in [4.78, 5) is 60.1. The molecule has 0 unspecified atom stereocenters. The van der Waals surface area contributed by atoms with E-state index < -0.39 is 35.2 Å². The van der Waals surface area contributed by atoms with Gasteiger partial charge in [-0.15, -0.1) is 0 Å². The number of carbonyl (C=O) groups is 5. The number of imide groups is 2. The first-order chi connectivity index (χ1) is 13.3. The molecule has 0 saturated carbocycles. The fraction of sp³-hybridized carbons (Fsp3) is 0.688. The fourth-order valence-electron chi connectivity index (χ4n) is 4.03. The lowest BCUT2D eigenvalue weighted by molar-refractivity contribution is -0.959. The second kappa shape index (κ2) is 9.08. The van der Waals surface area contributed by atoms with Crippen LogP contribution < -0.4 is 27.0 Å². The van der Waals surface area contributed by atoms with Crippen LogP contribution in [0.5, 0.6) is 0 Å². The molecule has 0 atom stereocenters. The maximum atomic E-state index is 12.9. The molecular formula is C16H27N6O6+. The van der Waals surface area contributed by atoms with E-state index in [1.165, 1.54) is 0 Å². The van der Waals surface area contributed by atoms with Crippen LogP contribution in [0.4, 0.5) is 4.79 Å². The predicted molar refractivity (Wildman–Crippen MR) is 95.3 cm³/mol. The van der Waals surface area contributed by atoms with Crippen LogP contribution in [-0.2, 0) is 19.2 Å². The predicted octanol–water partition coefficient (Wildman–Crippen LogP) is -3.72. The van der Waals surface area contributed by atoms with Crippen LogP contribution in [0.15, 0.2) is 0 Å². The number of amides is 6. The van der Waals surface area contributed by atoms with Crippen molar-refractivity contribution in [2.24, 2.45) is 5.73 Å². The van der Waals surface area contributed by atoms with Crippen LogP contribution in [0.1, 0.15) is 19.3 Å². The molecule has 0 radical (unpaired) electrons. The minimum absolute atomic E-state index is 0.00192. The molecule has 2 aliphatic rings. The molecule has 0 aromatic heterocycles. The van der Waals surface area contributed by atoms with Crippen LogP contribution in [0, 0.1) is 0 Å². The molecule has 0 aromatic carbocycles. The first-order valence-electron chi connectivity index (χ1n) is 9.17. The van der Waals surface area contributed by atoms with Gasteiger partial charge in [-0.2, -0.15) is 0 Å². The Balaban J connectivity index is 2.25. The van der Waals surface area contributed by atoms with E-state index in [0.29, 0.717) is 26.2 Å². The van der Waals surface area contributed by atoms with Crippen molar-refractivity contribution in [1.29, 1.82) is 0 Å². The Bertz CT molecular complexity index is 635. The van der Waals surface area contributed by atoms with E-state index >= 15 is 0 Å². The van der Waals surface area contributed by atoms with Crippen LogP contribution >= 0.6 is 0 Å². The molecule has 28 heavy (non-hydrogen) atoms. The lowest BCUT2D eigenvalue weighted by Gasteiger charge is -2.53. The summed E-state index contributed by atoms with van der Waals surface area (Å²) in [6, 6.07) is -0.887. The lowest BCUT2D eigenvalue weighted by atomic mass is 9.83. The molecule has 2 saturated heterocycles. The summed E-state index contributed by atoms with van der Waals surface area (Å²) in [5, 5.41) is 19.5. The van der Waals surface area contributed by atoms with Gasteiger partial charge in [0.05, 0.1) is 26.2 Å². The van der Waals surface area contributed by atoms with Crippen molar-refractivity contribution in [3.05, 3.63) is 0 Å². The fourth-order valence-corrected chi connectivity index (χ4v) is 4.03. The third-order valence-electron chi connectivity index (χ3n) is 5.38. The van der Waals surface area contributed by atoms with Gasteiger partial charge in [0.15, 0.2) is 0 Å². The number of rotatable bonds is 9. The van der Waals surface area contributed by atoms with Crippen molar-refractivity contribution in [1.82, 2.24) is 21.3 Å². The quantitative estimate of drug-likeness (QED) is 0.170. The number of primary amides is 1. The van der Waals surface area contributed by atoms with Gasteiger partial charge in [0.1, 0.15) is 6.54 Å². The number of nitrogens with zero attached hydrogens (tertiary/aromatic N) is 1. The first kappa shape index (κ1) is 21.7. The summed E-state index contributed by atoms with van der Waals surface area (Å²) >= 11 is 0. The average molecular weight is 399 g/mol. The Labute approximate surface area is 161 Å². The highest BCUT2D eigenvalue weighted by molar-refractivity contribution is 6.21. The van der Waals surface area contributed by atoms with E-state index in [-0.39, 0.29) is 43.4 Å².